The zero-order chi connectivity index (χ0) is 32.3. The summed E-state index contributed by atoms with van der Waals surface area (Å²) in [5, 5.41) is 35.2. The number of aromatic nitrogens is 3. The fraction of sp³-hybridized carbons (Fsp3) is 0.429. The van der Waals surface area contributed by atoms with Gasteiger partial charge in [0.05, 0.1) is 12.7 Å². The van der Waals surface area contributed by atoms with Crippen LogP contribution in [0.1, 0.15) is 51.0 Å². The number of hydrogen-bond donors (Lipinski definition) is 3. The lowest BCUT2D eigenvalue weighted by Gasteiger charge is -2.42. The van der Waals surface area contributed by atoms with Gasteiger partial charge in [0.1, 0.15) is 36.7 Å². The molecule has 1 saturated heterocycles. The van der Waals surface area contributed by atoms with Gasteiger partial charge in [0.25, 0.3) is 0 Å². The first kappa shape index (κ1) is 33.2. The lowest BCUT2D eigenvalue weighted by atomic mass is 9.96. The quantitative estimate of drug-likeness (QED) is 0.130. The minimum Gasteiger partial charge on any atom is -0.461 e. The lowest BCUT2D eigenvalue weighted by Crippen LogP contribution is -2.64. The molecule has 244 valence electrons. The van der Waals surface area contributed by atoms with Crippen molar-refractivity contribution in [3.8, 4) is 11.3 Å². The van der Waals surface area contributed by atoms with Crippen molar-refractivity contribution in [3.05, 3.63) is 84.6 Å². The fourth-order valence-electron chi connectivity index (χ4n) is 5.67. The number of fused-ring (bicyclic) bond motifs is 1. The smallest absolute Gasteiger partial charge is 0.306 e. The molecule has 5 rings (SSSR count). The third kappa shape index (κ3) is 8.97. The van der Waals surface area contributed by atoms with Gasteiger partial charge in [0.15, 0.2) is 6.29 Å². The molecule has 0 bridgehead atoms. The van der Waals surface area contributed by atoms with Gasteiger partial charge < -0.3 is 29.7 Å². The predicted octanol–water partition coefficient (Wildman–Crippen LogP) is 4.15. The summed E-state index contributed by atoms with van der Waals surface area (Å²) in [7, 11) is 0. The molecule has 3 aromatic carbocycles. The Bertz CT molecular complexity index is 1560. The van der Waals surface area contributed by atoms with Gasteiger partial charge in [-0.25, -0.2) is 4.68 Å². The van der Waals surface area contributed by atoms with Crippen LogP contribution in [0.4, 0.5) is 0 Å². The van der Waals surface area contributed by atoms with Crippen LogP contribution in [0, 0.1) is 0 Å². The highest BCUT2D eigenvalue weighted by Crippen LogP contribution is 2.28. The normalized spacial score (nSPS) is 21.2. The maximum absolute atomic E-state index is 12.0. The molecular formula is C35H42N4O7. The van der Waals surface area contributed by atoms with Gasteiger partial charge in [0, 0.05) is 25.5 Å². The first-order valence-corrected chi connectivity index (χ1v) is 15.9. The largest absolute Gasteiger partial charge is 0.461 e. The second-order valence-electron chi connectivity index (χ2n) is 11.6. The Hall–Kier alpha value is -4.16. The molecule has 46 heavy (non-hydrogen) atoms. The summed E-state index contributed by atoms with van der Waals surface area (Å²) in [5.41, 5.74) is 2.58. The number of amides is 1. The van der Waals surface area contributed by atoms with E-state index in [9.17, 15) is 19.8 Å². The minimum absolute atomic E-state index is 0.121. The van der Waals surface area contributed by atoms with Gasteiger partial charge in [-0.2, -0.15) is 0 Å². The molecule has 11 nitrogen and oxygen atoms in total. The van der Waals surface area contributed by atoms with E-state index in [0.717, 1.165) is 54.0 Å². The number of hydrogen-bond acceptors (Lipinski definition) is 9. The van der Waals surface area contributed by atoms with Gasteiger partial charge in [-0.3, -0.25) is 9.59 Å². The molecule has 2 heterocycles. The molecule has 1 amide bonds. The van der Waals surface area contributed by atoms with Crippen molar-refractivity contribution >= 4 is 22.6 Å². The summed E-state index contributed by atoms with van der Waals surface area (Å²) < 4.78 is 19.0. The Kier molecular flexibility index (Phi) is 11.9. The summed E-state index contributed by atoms with van der Waals surface area (Å²) in [6.45, 7) is 2.08. The summed E-state index contributed by atoms with van der Waals surface area (Å²) in [4.78, 5) is 23.9. The van der Waals surface area contributed by atoms with Crippen molar-refractivity contribution in [1.29, 1.82) is 0 Å². The van der Waals surface area contributed by atoms with Crippen LogP contribution < -0.4 is 5.32 Å². The number of benzene rings is 3. The second-order valence-corrected chi connectivity index (χ2v) is 11.6. The lowest BCUT2D eigenvalue weighted by molar-refractivity contribution is -0.267. The summed E-state index contributed by atoms with van der Waals surface area (Å²) >= 11 is 0. The van der Waals surface area contributed by atoms with E-state index in [1.54, 1.807) is 10.9 Å². The molecule has 0 radical (unpaired) electrons. The van der Waals surface area contributed by atoms with Crippen LogP contribution >= 0.6 is 0 Å². The molecule has 11 heteroatoms. The predicted molar refractivity (Wildman–Crippen MR) is 171 cm³/mol. The summed E-state index contributed by atoms with van der Waals surface area (Å²) in [5.74, 6) is -0.568. The van der Waals surface area contributed by atoms with Gasteiger partial charge in [-0.1, -0.05) is 97.3 Å². The van der Waals surface area contributed by atoms with E-state index in [4.69, 9.17) is 14.2 Å². The highest BCUT2D eigenvalue weighted by atomic mass is 16.7. The topological polar surface area (TPSA) is 145 Å². The number of esters is 1. The molecular weight excluding hydrogens is 588 g/mol. The summed E-state index contributed by atoms with van der Waals surface area (Å²) in [6, 6.07) is 22.7. The molecule has 1 aliphatic heterocycles. The molecule has 1 aliphatic rings. The van der Waals surface area contributed by atoms with Crippen LogP contribution in [0.5, 0.6) is 0 Å². The number of carbonyl (C=O) groups excluding carboxylic acids is 2. The number of nitrogens with one attached hydrogen (secondary N) is 1. The number of carbonyl (C=O) groups is 2. The van der Waals surface area contributed by atoms with E-state index in [1.165, 1.54) is 6.92 Å². The zero-order valence-electron chi connectivity index (χ0n) is 26.0. The number of aliphatic hydroxyl groups is 2. The number of aliphatic hydroxyl groups excluding tert-OH is 2. The summed E-state index contributed by atoms with van der Waals surface area (Å²) in [6.07, 6.45) is 1.91. The monoisotopic (exact) mass is 630 g/mol. The van der Waals surface area contributed by atoms with Gasteiger partial charge >= 0.3 is 5.97 Å². The maximum atomic E-state index is 12.0. The molecule has 1 aromatic heterocycles. The van der Waals surface area contributed by atoms with Crippen LogP contribution in [-0.2, 0) is 37.0 Å². The van der Waals surface area contributed by atoms with E-state index in [0.29, 0.717) is 18.7 Å². The number of nitrogens with zero attached hydrogens (tertiary/aromatic N) is 3. The second kappa shape index (κ2) is 16.4. The maximum Gasteiger partial charge on any atom is 0.306 e. The molecule has 0 aliphatic carbocycles. The standard InChI is InChI=1S/C35H42N4O7/c1-24(40)36-32-34(43)33(42)30(22-39-21-29(37-38-39)28-18-12-16-26-15-9-10-17-27(26)28)46-35(32)44-20-11-4-2-3-8-19-31(41)45-23-25-13-6-5-7-14-25/h5-7,9-10,12-18,21,30,32-35,42-43H,2-4,8,11,19-20,22-23H2,1H3,(H,36,40). The highest BCUT2D eigenvalue weighted by Gasteiger charge is 2.45. The average molecular weight is 631 g/mol. The van der Waals surface area contributed by atoms with Gasteiger partial charge in [-0.15, -0.1) is 5.10 Å². The Morgan fingerprint density at radius 1 is 0.913 bits per heavy atom. The molecule has 1 fully saturated rings. The first-order valence-electron chi connectivity index (χ1n) is 15.9. The Morgan fingerprint density at radius 2 is 1.65 bits per heavy atom. The SMILES string of the molecule is CC(=O)NC1C(OCCCCCCCC(=O)OCc2ccccc2)OC(Cn2cc(-c3cccc4ccccc34)nn2)C(O)C1O. The van der Waals surface area contributed by atoms with E-state index >= 15 is 0 Å². The van der Waals surface area contributed by atoms with Crippen molar-refractivity contribution in [3.63, 3.8) is 0 Å². The van der Waals surface area contributed by atoms with E-state index in [1.807, 2.05) is 72.8 Å². The fourth-order valence-corrected chi connectivity index (χ4v) is 5.67. The van der Waals surface area contributed by atoms with E-state index in [2.05, 4.69) is 15.6 Å². The third-order valence-corrected chi connectivity index (χ3v) is 8.09. The number of rotatable bonds is 15. The molecule has 5 unspecified atom stereocenters. The zero-order valence-corrected chi connectivity index (χ0v) is 26.0. The van der Waals surface area contributed by atoms with Crippen molar-refractivity contribution in [2.75, 3.05) is 6.61 Å². The van der Waals surface area contributed by atoms with Crippen LogP contribution in [0.2, 0.25) is 0 Å². The number of ether oxygens (including phenoxy) is 3. The van der Waals surface area contributed by atoms with Crippen molar-refractivity contribution in [2.45, 2.75) is 89.2 Å². The van der Waals surface area contributed by atoms with E-state index in [-0.39, 0.29) is 25.0 Å². The van der Waals surface area contributed by atoms with Crippen LogP contribution in [0.3, 0.4) is 0 Å². The van der Waals surface area contributed by atoms with Gasteiger partial charge in [0.2, 0.25) is 5.91 Å². The molecule has 4 aromatic rings. The number of unbranched alkanes of at least 4 members (excludes halogenated alkanes) is 4. The van der Waals surface area contributed by atoms with Gasteiger partial charge in [-0.05, 0) is 29.2 Å². The molecule has 5 atom stereocenters. The molecule has 0 saturated carbocycles. The molecule has 3 N–H and O–H groups in total. The highest BCUT2D eigenvalue weighted by molar-refractivity contribution is 5.95. The van der Waals surface area contributed by atoms with Crippen LogP contribution in [-0.4, -0.2) is 74.3 Å². The minimum atomic E-state index is -1.31. The van der Waals surface area contributed by atoms with Crippen molar-refractivity contribution in [1.82, 2.24) is 20.3 Å². The molecule has 0 spiro atoms. The Morgan fingerprint density at radius 3 is 2.48 bits per heavy atom. The Labute approximate surface area is 268 Å². The van der Waals surface area contributed by atoms with Crippen LogP contribution in [0.15, 0.2) is 79.0 Å². The van der Waals surface area contributed by atoms with Crippen LogP contribution in [0.25, 0.3) is 22.0 Å². The Balaban J connectivity index is 1.08. The van der Waals surface area contributed by atoms with Crippen molar-refractivity contribution < 1.29 is 34.0 Å². The van der Waals surface area contributed by atoms with Crippen molar-refractivity contribution in [2.24, 2.45) is 0 Å². The average Bonchev–Trinajstić information content (AvgIpc) is 3.53. The third-order valence-electron chi connectivity index (χ3n) is 8.09. The van der Waals surface area contributed by atoms with E-state index < -0.39 is 30.6 Å². The first-order chi connectivity index (χ1) is 22.4.